The predicted molar refractivity (Wildman–Crippen MR) is 52.1 cm³/mol. The molecule has 0 aromatic heterocycles. The van der Waals surface area contributed by atoms with E-state index in [2.05, 4.69) is 10.2 Å². The summed E-state index contributed by atoms with van der Waals surface area (Å²) in [6.45, 7) is 0.177. The fourth-order valence-corrected chi connectivity index (χ4v) is 0.928. The van der Waals surface area contributed by atoms with Crippen LogP contribution >= 0.6 is 0 Å². The van der Waals surface area contributed by atoms with Crippen LogP contribution in [-0.4, -0.2) is 35.2 Å². The van der Waals surface area contributed by atoms with Crippen molar-refractivity contribution < 1.29 is 24.6 Å². The smallest absolute Gasteiger partial charge is 0.303 e. The van der Waals surface area contributed by atoms with Crippen molar-refractivity contribution in [2.24, 2.45) is 0 Å². The number of nitrogens with one attached hydrogen (secondary N) is 1. The highest BCUT2D eigenvalue weighted by atomic mass is 16.9. The number of rotatable bonds is 9. The fraction of sp³-hybridized carbons (Fsp3) is 0.750. The van der Waals surface area contributed by atoms with Crippen LogP contribution in [0.15, 0.2) is 0 Å². The summed E-state index contributed by atoms with van der Waals surface area (Å²) in [5.74, 6) is -1.18. The molecule has 0 bridgehead atoms. The molecule has 0 unspecified atom stereocenters. The van der Waals surface area contributed by atoms with E-state index in [9.17, 15) is 19.7 Å². The molecule has 0 spiro atoms. The second-order valence-corrected chi connectivity index (χ2v) is 3.01. The van der Waals surface area contributed by atoms with Gasteiger partial charge in [0.1, 0.15) is 0 Å². The SMILES string of the molecule is O=C(O)CCCNC(=O)CCCO[N+](=O)[O-]. The number of aliphatic carboxylic acids is 1. The summed E-state index contributed by atoms with van der Waals surface area (Å²) in [4.78, 5) is 34.9. The van der Waals surface area contributed by atoms with Crippen LogP contribution in [0.2, 0.25) is 0 Å². The summed E-state index contributed by atoms with van der Waals surface area (Å²) >= 11 is 0. The largest absolute Gasteiger partial charge is 0.481 e. The number of hydrogen-bond donors (Lipinski definition) is 2. The Morgan fingerprint density at radius 1 is 1.31 bits per heavy atom. The standard InChI is InChI=1S/C8H14N2O6/c11-7(3-2-6-16-10(14)15)9-5-1-4-8(12)13/h1-6H2,(H,9,11)(H,12,13). The average molecular weight is 234 g/mol. The van der Waals surface area contributed by atoms with E-state index in [1.807, 2.05) is 0 Å². The second-order valence-electron chi connectivity index (χ2n) is 3.01. The Morgan fingerprint density at radius 3 is 2.56 bits per heavy atom. The number of carboxylic acid groups (broad SMARTS) is 1. The lowest BCUT2D eigenvalue weighted by Crippen LogP contribution is -2.25. The number of carboxylic acids is 1. The minimum absolute atomic E-state index is 0.00468. The number of hydrogen-bond acceptors (Lipinski definition) is 5. The highest BCUT2D eigenvalue weighted by molar-refractivity contribution is 5.75. The van der Waals surface area contributed by atoms with E-state index in [0.29, 0.717) is 13.0 Å². The number of carbonyl (C=O) groups is 2. The first-order valence-electron chi connectivity index (χ1n) is 4.78. The van der Waals surface area contributed by atoms with E-state index in [4.69, 9.17) is 5.11 Å². The first-order chi connectivity index (χ1) is 7.52. The number of nitrogens with zero attached hydrogens (tertiary/aromatic N) is 1. The van der Waals surface area contributed by atoms with Gasteiger partial charge in [0.2, 0.25) is 5.91 Å². The van der Waals surface area contributed by atoms with Crippen molar-refractivity contribution in [2.75, 3.05) is 13.2 Å². The van der Waals surface area contributed by atoms with E-state index >= 15 is 0 Å². The summed E-state index contributed by atoms with van der Waals surface area (Å²) in [6.07, 6.45) is 0.754. The molecule has 0 aromatic rings. The monoisotopic (exact) mass is 234 g/mol. The maximum absolute atomic E-state index is 11.0. The molecule has 0 rings (SSSR count). The molecule has 0 saturated carbocycles. The van der Waals surface area contributed by atoms with Crippen molar-refractivity contribution in [1.29, 1.82) is 0 Å². The first-order valence-corrected chi connectivity index (χ1v) is 4.78. The molecule has 1 amide bonds. The second kappa shape index (κ2) is 8.45. The lowest BCUT2D eigenvalue weighted by molar-refractivity contribution is -0.757. The highest BCUT2D eigenvalue weighted by Gasteiger charge is 2.02. The van der Waals surface area contributed by atoms with Gasteiger partial charge in [-0.15, -0.1) is 10.1 Å². The average Bonchev–Trinajstić information content (AvgIpc) is 2.19. The van der Waals surface area contributed by atoms with Gasteiger partial charge in [-0.25, -0.2) is 0 Å². The van der Waals surface area contributed by atoms with Crippen molar-refractivity contribution in [1.82, 2.24) is 5.32 Å². The zero-order valence-electron chi connectivity index (χ0n) is 8.68. The van der Waals surface area contributed by atoms with Crippen LogP contribution in [0, 0.1) is 10.1 Å². The van der Waals surface area contributed by atoms with Gasteiger partial charge >= 0.3 is 5.97 Å². The van der Waals surface area contributed by atoms with Gasteiger partial charge < -0.3 is 15.3 Å². The molecule has 0 aliphatic carbocycles. The zero-order valence-corrected chi connectivity index (χ0v) is 8.68. The topological polar surface area (TPSA) is 119 Å². The molecule has 0 aromatic carbocycles. The molecule has 0 aliphatic rings. The third-order valence-corrected chi connectivity index (χ3v) is 1.63. The molecule has 92 valence electrons. The fourth-order valence-electron chi connectivity index (χ4n) is 0.928. The minimum atomic E-state index is -0.912. The van der Waals surface area contributed by atoms with Crippen molar-refractivity contribution in [3.8, 4) is 0 Å². The molecule has 0 heterocycles. The predicted octanol–water partition coefficient (Wildman–Crippen LogP) is -0.0441. The van der Waals surface area contributed by atoms with Crippen LogP contribution in [0.1, 0.15) is 25.7 Å². The molecule has 8 nitrogen and oxygen atoms in total. The lowest BCUT2D eigenvalue weighted by atomic mass is 10.3. The third-order valence-electron chi connectivity index (χ3n) is 1.63. The van der Waals surface area contributed by atoms with Crippen LogP contribution in [0.4, 0.5) is 0 Å². The Hall–Kier alpha value is -1.86. The molecule has 8 heteroatoms. The summed E-state index contributed by atoms with van der Waals surface area (Å²) in [7, 11) is 0. The molecule has 0 radical (unpaired) electrons. The van der Waals surface area contributed by atoms with Gasteiger partial charge in [0.15, 0.2) is 0 Å². The maximum Gasteiger partial charge on any atom is 0.303 e. The Balaban J connectivity index is 3.31. The van der Waals surface area contributed by atoms with Crippen molar-refractivity contribution in [2.45, 2.75) is 25.7 Å². The third kappa shape index (κ3) is 10.2. The van der Waals surface area contributed by atoms with Crippen LogP contribution in [0.5, 0.6) is 0 Å². The van der Waals surface area contributed by atoms with Gasteiger partial charge in [-0.2, -0.15) is 0 Å². The highest BCUT2D eigenvalue weighted by Crippen LogP contribution is 1.92. The molecular formula is C8H14N2O6. The Bertz CT molecular complexity index is 231. The van der Waals surface area contributed by atoms with Crippen LogP contribution in [0.3, 0.4) is 0 Å². The number of carbonyl (C=O) groups excluding carboxylic acids is 1. The van der Waals surface area contributed by atoms with Crippen LogP contribution in [0.25, 0.3) is 0 Å². The maximum atomic E-state index is 11.0. The van der Waals surface area contributed by atoms with Gasteiger partial charge in [-0.1, -0.05) is 0 Å². The quantitative estimate of drug-likeness (QED) is 0.328. The summed E-state index contributed by atoms with van der Waals surface area (Å²) in [5, 5.41) is 19.6. The van der Waals surface area contributed by atoms with E-state index in [1.54, 1.807) is 0 Å². The normalized spacial score (nSPS) is 9.50. The van der Waals surface area contributed by atoms with Crippen molar-refractivity contribution in [3.63, 3.8) is 0 Å². The van der Waals surface area contributed by atoms with Gasteiger partial charge in [-0.05, 0) is 12.8 Å². The molecule has 0 fully saturated rings. The first kappa shape index (κ1) is 14.1. The van der Waals surface area contributed by atoms with E-state index in [1.165, 1.54) is 0 Å². The van der Waals surface area contributed by atoms with E-state index < -0.39 is 11.1 Å². The number of amides is 1. The Kier molecular flexibility index (Phi) is 7.47. The molecule has 0 saturated heterocycles. The van der Waals surface area contributed by atoms with Crippen LogP contribution < -0.4 is 5.32 Å². The van der Waals surface area contributed by atoms with Gasteiger partial charge in [-0.3, -0.25) is 9.59 Å². The Labute approximate surface area is 91.7 Å². The van der Waals surface area contributed by atoms with Gasteiger partial charge in [0.05, 0.1) is 6.61 Å². The van der Waals surface area contributed by atoms with Crippen LogP contribution in [-0.2, 0) is 14.4 Å². The van der Waals surface area contributed by atoms with E-state index in [0.717, 1.165) is 0 Å². The molecular weight excluding hydrogens is 220 g/mol. The van der Waals surface area contributed by atoms with E-state index in [-0.39, 0.29) is 31.8 Å². The molecule has 0 aliphatic heterocycles. The molecule has 2 N–H and O–H groups in total. The van der Waals surface area contributed by atoms with Gasteiger partial charge in [0.25, 0.3) is 5.09 Å². The Morgan fingerprint density at radius 2 is 2.00 bits per heavy atom. The summed E-state index contributed by atoms with van der Waals surface area (Å²) < 4.78 is 0. The van der Waals surface area contributed by atoms with Crippen molar-refractivity contribution >= 4 is 11.9 Å². The summed E-state index contributed by atoms with van der Waals surface area (Å²) in [6, 6.07) is 0. The molecule has 0 atom stereocenters. The van der Waals surface area contributed by atoms with Gasteiger partial charge in [0, 0.05) is 19.4 Å². The van der Waals surface area contributed by atoms with Crippen molar-refractivity contribution in [3.05, 3.63) is 10.1 Å². The zero-order chi connectivity index (χ0) is 12.4. The molecule has 16 heavy (non-hydrogen) atoms. The lowest BCUT2D eigenvalue weighted by Gasteiger charge is -2.03. The minimum Gasteiger partial charge on any atom is -0.481 e. The summed E-state index contributed by atoms with van der Waals surface area (Å²) in [5.41, 5.74) is 0.